The minimum Gasteiger partial charge on any atom is -0.497 e. The summed E-state index contributed by atoms with van der Waals surface area (Å²) in [5.74, 6) is 1.63. The predicted molar refractivity (Wildman–Crippen MR) is 129 cm³/mol. The summed E-state index contributed by atoms with van der Waals surface area (Å²) in [5.41, 5.74) is 3.26. The Kier molecular flexibility index (Phi) is 6.68. The fourth-order valence-electron chi connectivity index (χ4n) is 4.27. The van der Waals surface area contributed by atoms with Crippen LogP contribution in [0.2, 0.25) is 0 Å². The van der Waals surface area contributed by atoms with Crippen LogP contribution in [0, 0.1) is 0 Å². The molecular weight excluding hydrogens is 418 g/mol. The summed E-state index contributed by atoms with van der Waals surface area (Å²) >= 11 is 0. The lowest BCUT2D eigenvalue weighted by atomic mass is 10.1. The number of ether oxygens (including phenoxy) is 2. The number of hydrogen-bond donors (Lipinski definition) is 1. The third kappa shape index (κ3) is 4.72. The largest absolute Gasteiger partial charge is 0.497 e. The molecule has 7 nitrogen and oxygen atoms in total. The van der Waals surface area contributed by atoms with Gasteiger partial charge in [-0.15, -0.1) is 0 Å². The summed E-state index contributed by atoms with van der Waals surface area (Å²) in [4.78, 5) is 17.6. The number of benzene rings is 1. The van der Waals surface area contributed by atoms with Crippen LogP contribution >= 0.6 is 0 Å². The Hall–Kier alpha value is -3.74. The smallest absolute Gasteiger partial charge is 0.291 e. The van der Waals surface area contributed by atoms with E-state index in [1.54, 1.807) is 44.6 Å². The Bertz CT molecular complexity index is 1160. The molecule has 2 aromatic heterocycles. The lowest BCUT2D eigenvalue weighted by Gasteiger charge is -2.15. The number of nitrogens with one attached hydrogen (secondary N) is 1. The Labute approximate surface area is 193 Å². The molecule has 0 unspecified atom stereocenters. The van der Waals surface area contributed by atoms with Crippen LogP contribution in [-0.4, -0.2) is 29.7 Å². The van der Waals surface area contributed by atoms with Gasteiger partial charge in [0, 0.05) is 29.9 Å². The van der Waals surface area contributed by atoms with Crippen molar-refractivity contribution in [2.45, 2.75) is 38.6 Å². The number of nitrogens with zero attached hydrogens (tertiary/aromatic N) is 2. The van der Waals surface area contributed by atoms with E-state index in [-0.39, 0.29) is 11.7 Å². The fourth-order valence-corrected chi connectivity index (χ4v) is 4.27. The van der Waals surface area contributed by atoms with Crippen molar-refractivity contribution in [3.8, 4) is 23.0 Å². The molecule has 1 aliphatic rings. The standard InChI is InChI=1S/C26H29N3O4/c1-5-8-17(2)24-25(29(16-27-24)19-9-6-7-10-19)22-11-12-23(33-22)26(30)28-18-13-20(31-3)15-21(14-18)32-4/h5,8,11-16,19H,1,6-7,9-10H2,2-4H3,(H,28,30)/b17-8+. The van der Waals surface area contributed by atoms with E-state index in [1.807, 2.05) is 25.4 Å². The molecule has 0 atom stereocenters. The van der Waals surface area contributed by atoms with E-state index in [4.69, 9.17) is 13.9 Å². The summed E-state index contributed by atoms with van der Waals surface area (Å²) in [6, 6.07) is 9.08. The van der Waals surface area contributed by atoms with Crippen molar-refractivity contribution in [2.75, 3.05) is 19.5 Å². The number of imidazole rings is 1. The monoisotopic (exact) mass is 447 g/mol. The Balaban J connectivity index is 1.65. The van der Waals surface area contributed by atoms with Crippen LogP contribution < -0.4 is 14.8 Å². The van der Waals surface area contributed by atoms with Gasteiger partial charge in [-0.25, -0.2) is 4.98 Å². The molecular formula is C26H29N3O4. The first-order chi connectivity index (χ1) is 16.0. The second kappa shape index (κ2) is 9.81. The van der Waals surface area contributed by atoms with Crippen LogP contribution in [0.25, 0.3) is 17.0 Å². The summed E-state index contributed by atoms with van der Waals surface area (Å²) < 4.78 is 18.8. The van der Waals surface area contributed by atoms with Crippen molar-refractivity contribution in [1.29, 1.82) is 0 Å². The second-order valence-electron chi connectivity index (χ2n) is 8.09. The van der Waals surface area contributed by atoms with E-state index < -0.39 is 0 Å². The van der Waals surface area contributed by atoms with Gasteiger partial charge in [-0.3, -0.25) is 4.79 Å². The summed E-state index contributed by atoms with van der Waals surface area (Å²) in [6.07, 6.45) is 10.2. The van der Waals surface area contributed by atoms with Crippen molar-refractivity contribution in [3.05, 3.63) is 66.8 Å². The molecule has 0 bridgehead atoms. The molecule has 1 aromatic carbocycles. The maximum Gasteiger partial charge on any atom is 0.291 e. The molecule has 1 aliphatic carbocycles. The molecule has 1 fully saturated rings. The molecule has 0 radical (unpaired) electrons. The van der Waals surface area contributed by atoms with Crippen molar-refractivity contribution < 1.29 is 18.7 Å². The molecule has 1 N–H and O–H groups in total. The minimum atomic E-state index is -0.358. The van der Waals surface area contributed by atoms with Crippen LogP contribution in [0.1, 0.15) is 54.9 Å². The normalized spacial score (nSPS) is 14.3. The Morgan fingerprint density at radius 1 is 1.18 bits per heavy atom. The fraction of sp³-hybridized carbons (Fsp3) is 0.308. The topological polar surface area (TPSA) is 78.5 Å². The van der Waals surface area contributed by atoms with Gasteiger partial charge in [0.05, 0.1) is 26.2 Å². The van der Waals surface area contributed by atoms with Gasteiger partial charge < -0.3 is 23.8 Å². The highest BCUT2D eigenvalue weighted by Gasteiger charge is 2.25. The molecule has 33 heavy (non-hydrogen) atoms. The maximum atomic E-state index is 12.9. The second-order valence-corrected chi connectivity index (χ2v) is 8.09. The molecule has 0 spiro atoms. The quantitative estimate of drug-likeness (QED) is 0.421. The molecule has 2 heterocycles. The zero-order valence-corrected chi connectivity index (χ0v) is 19.3. The van der Waals surface area contributed by atoms with E-state index in [0.717, 1.165) is 29.8 Å². The van der Waals surface area contributed by atoms with Gasteiger partial charge in [0.2, 0.25) is 0 Å². The van der Waals surface area contributed by atoms with Crippen LogP contribution in [-0.2, 0) is 0 Å². The van der Waals surface area contributed by atoms with Crippen LogP contribution in [0.5, 0.6) is 11.5 Å². The average molecular weight is 448 g/mol. The van der Waals surface area contributed by atoms with Crippen molar-refractivity contribution in [2.24, 2.45) is 0 Å². The number of methoxy groups -OCH3 is 2. The number of hydrogen-bond acceptors (Lipinski definition) is 5. The summed E-state index contributed by atoms with van der Waals surface area (Å²) in [5, 5.41) is 2.85. The minimum absolute atomic E-state index is 0.210. The number of furan rings is 1. The lowest BCUT2D eigenvalue weighted by Crippen LogP contribution is -2.11. The SMILES string of the molecule is C=C/C=C(\C)c1ncn(C2CCCC2)c1-c1ccc(C(=O)Nc2cc(OC)cc(OC)c2)o1. The third-order valence-electron chi connectivity index (χ3n) is 5.93. The summed E-state index contributed by atoms with van der Waals surface area (Å²) in [7, 11) is 3.13. The molecule has 0 saturated heterocycles. The first kappa shape index (κ1) is 22.5. The highest BCUT2D eigenvalue weighted by molar-refractivity contribution is 6.02. The number of carbonyl (C=O) groups is 1. The number of rotatable bonds is 8. The van der Waals surface area contributed by atoms with Gasteiger partial charge in [0.1, 0.15) is 17.2 Å². The van der Waals surface area contributed by atoms with Crippen molar-refractivity contribution in [1.82, 2.24) is 9.55 Å². The van der Waals surface area contributed by atoms with Gasteiger partial charge in [0.15, 0.2) is 11.5 Å². The van der Waals surface area contributed by atoms with Crippen molar-refractivity contribution >= 4 is 17.2 Å². The van der Waals surface area contributed by atoms with Crippen molar-refractivity contribution in [3.63, 3.8) is 0 Å². The van der Waals surface area contributed by atoms with Crippen LogP contribution in [0.4, 0.5) is 5.69 Å². The Morgan fingerprint density at radius 3 is 2.52 bits per heavy atom. The van der Waals surface area contributed by atoms with E-state index in [2.05, 4.69) is 21.4 Å². The molecule has 172 valence electrons. The zero-order chi connectivity index (χ0) is 23.4. The lowest BCUT2D eigenvalue weighted by molar-refractivity contribution is 0.0997. The summed E-state index contributed by atoms with van der Waals surface area (Å²) in [6.45, 7) is 5.80. The van der Waals surface area contributed by atoms with E-state index in [0.29, 0.717) is 29.0 Å². The number of aromatic nitrogens is 2. The third-order valence-corrected chi connectivity index (χ3v) is 5.93. The van der Waals surface area contributed by atoms with E-state index in [9.17, 15) is 4.79 Å². The van der Waals surface area contributed by atoms with Gasteiger partial charge in [0.25, 0.3) is 5.91 Å². The molecule has 3 aromatic rings. The number of anilines is 1. The average Bonchev–Trinajstić information content (AvgIpc) is 3.58. The zero-order valence-electron chi connectivity index (χ0n) is 19.3. The molecule has 1 amide bonds. The molecule has 4 rings (SSSR count). The highest BCUT2D eigenvalue weighted by Crippen LogP contribution is 2.37. The van der Waals surface area contributed by atoms with E-state index in [1.165, 1.54) is 12.8 Å². The molecule has 7 heteroatoms. The maximum absolute atomic E-state index is 12.9. The first-order valence-electron chi connectivity index (χ1n) is 11.0. The van der Waals surface area contributed by atoms with Gasteiger partial charge in [-0.2, -0.15) is 0 Å². The first-order valence-corrected chi connectivity index (χ1v) is 11.0. The van der Waals surface area contributed by atoms with Gasteiger partial charge >= 0.3 is 0 Å². The van der Waals surface area contributed by atoms with Crippen LogP contribution in [0.15, 0.2) is 59.8 Å². The molecule has 1 saturated carbocycles. The highest BCUT2D eigenvalue weighted by atomic mass is 16.5. The van der Waals surface area contributed by atoms with Gasteiger partial charge in [-0.1, -0.05) is 31.6 Å². The number of allylic oxidation sites excluding steroid dienone is 3. The number of amides is 1. The predicted octanol–water partition coefficient (Wildman–Crippen LogP) is 6.12. The molecule has 0 aliphatic heterocycles. The van der Waals surface area contributed by atoms with Gasteiger partial charge in [-0.05, 0) is 37.5 Å². The number of carbonyl (C=O) groups excluding carboxylic acids is 1. The Morgan fingerprint density at radius 2 is 1.88 bits per heavy atom. The van der Waals surface area contributed by atoms with Crippen LogP contribution in [0.3, 0.4) is 0 Å². The van der Waals surface area contributed by atoms with E-state index >= 15 is 0 Å².